The largest absolute Gasteiger partial charge is 0.309 e. The Balaban J connectivity index is 1.10. The fraction of sp³-hybridized carbons (Fsp3) is 0. The molecule has 0 radical (unpaired) electrons. The first-order valence-electron chi connectivity index (χ1n) is 16.3. The Bertz CT molecular complexity index is 2560. The van der Waals surface area contributed by atoms with Gasteiger partial charge < -0.3 is 4.57 Å². The van der Waals surface area contributed by atoms with Crippen molar-refractivity contribution in [2.45, 2.75) is 0 Å². The van der Waals surface area contributed by atoms with Crippen LogP contribution >= 0.6 is 0 Å². The SMILES string of the molecule is c1ccc(-c2cc(-c3ccc(-c4ccc5c(c4)c4cnccc4n5-c4ccccc4)cc3)cc(-c3ccc(-c4ccccn4)cn3)n2)cc1. The van der Waals surface area contributed by atoms with Crippen LogP contribution in [0.4, 0.5) is 0 Å². The zero-order valence-electron chi connectivity index (χ0n) is 26.5. The van der Waals surface area contributed by atoms with E-state index in [9.17, 15) is 0 Å². The molecule has 4 aromatic carbocycles. The van der Waals surface area contributed by atoms with E-state index in [1.807, 2.05) is 67.1 Å². The van der Waals surface area contributed by atoms with E-state index in [1.54, 1.807) is 6.20 Å². The van der Waals surface area contributed by atoms with Gasteiger partial charge in [-0.3, -0.25) is 15.0 Å². The highest BCUT2D eigenvalue weighted by Gasteiger charge is 2.14. The number of nitrogens with zero attached hydrogens (tertiary/aromatic N) is 5. The number of pyridine rings is 4. The summed E-state index contributed by atoms with van der Waals surface area (Å²) >= 11 is 0. The Kier molecular flexibility index (Phi) is 7.06. The van der Waals surface area contributed by atoms with Crippen LogP contribution in [-0.4, -0.2) is 24.5 Å². The second kappa shape index (κ2) is 12.1. The van der Waals surface area contributed by atoms with Gasteiger partial charge in [0, 0.05) is 52.4 Å². The van der Waals surface area contributed by atoms with Gasteiger partial charge in [0.25, 0.3) is 0 Å². The molecule has 0 spiro atoms. The summed E-state index contributed by atoms with van der Waals surface area (Å²) in [5.74, 6) is 0. The Labute approximate surface area is 283 Å². The topological polar surface area (TPSA) is 56.5 Å². The molecule has 9 aromatic rings. The molecule has 5 nitrogen and oxygen atoms in total. The molecular formula is C44H29N5. The van der Waals surface area contributed by atoms with Crippen molar-refractivity contribution in [1.82, 2.24) is 24.5 Å². The average molecular weight is 628 g/mol. The molecule has 49 heavy (non-hydrogen) atoms. The molecule has 0 aliphatic rings. The van der Waals surface area contributed by atoms with E-state index in [2.05, 4.69) is 118 Å². The smallest absolute Gasteiger partial charge is 0.0899 e. The van der Waals surface area contributed by atoms with Crippen LogP contribution in [0.15, 0.2) is 176 Å². The van der Waals surface area contributed by atoms with Crippen LogP contribution in [0.25, 0.3) is 83.6 Å². The Morgan fingerprint density at radius 2 is 1.06 bits per heavy atom. The van der Waals surface area contributed by atoms with E-state index in [4.69, 9.17) is 9.97 Å². The lowest BCUT2D eigenvalue weighted by Gasteiger charge is -2.11. The van der Waals surface area contributed by atoms with E-state index >= 15 is 0 Å². The lowest BCUT2D eigenvalue weighted by Crippen LogP contribution is -1.94. The van der Waals surface area contributed by atoms with Crippen molar-refractivity contribution >= 4 is 21.8 Å². The Morgan fingerprint density at radius 1 is 0.367 bits per heavy atom. The van der Waals surface area contributed by atoms with Crippen LogP contribution in [0.2, 0.25) is 0 Å². The fourth-order valence-corrected chi connectivity index (χ4v) is 6.57. The minimum absolute atomic E-state index is 0.813. The van der Waals surface area contributed by atoms with Crippen LogP contribution in [0.1, 0.15) is 0 Å². The van der Waals surface area contributed by atoms with Gasteiger partial charge in [0.2, 0.25) is 0 Å². The maximum Gasteiger partial charge on any atom is 0.0899 e. The fourth-order valence-electron chi connectivity index (χ4n) is 6.57. The van der Waals surface area contributed by atoms with Gasteiger partial charge in [-0.25, -0.2) is 4.98 Å². The lowest BCUT2D eigenvalue weighted by atomic mass is 9.97. The summed E-state index contributed by atoms with van der Waals surface area (Å²) in [4.78, 5) is 18.8. The molecule has 5 heterocycles. The van der Waals surface area contributed by atoms with Crippen molar-refractivity contribution in [3.63, 3.8) is 0 Å². The molecule has 0 bridgehead atoms. The highest BCUT2D eigenvalue weighted by molar-refractivity contribution is 6.10. The molecule has 0 unspecified atom stereocenters. The molecule has 0 aliphatic carbocycles. The van der Waals surface area contributed by atoms with Gasteiger partial charge in [0.05, 0.1) is 33.8 Å². The number of rotatable bonds is 6. The zero-order chi connectivity index (χ0) is 32.6. The average Bonchev–Trinajstić information content (AvgIpc) is 3.52. The summed E-state index contributed by atoms with van der Waals surface area (Å²) in [6, 6.07) is 52.7. The summed E-state index contributed by atoms with van der Waals surface area (Å²) in [5.41, 5.74) is 13.4. The van der Waals surface area contributed by atoms with Crippen LogP contribution in [0.3, 0.4) is 0 Å². The van der Waals surface area contributed by atoms with Crippen LogP contribution < -0.4 is 0 Å². The number of fused-ring (bicyclic) bond motifs is 3. The minimum atomic E-state index is 0.813. The monoisotopic (exact) mass is 627 g/mol. The molecule has 5 aromatic heterocycles. The van der Waals surface area contributed by atoms with Crippen molar-refractivity contribution in [1.29, 1.82) is 0 Å². The number of hydrogen-bond acceptors (Lipinski definition) is 4. The first-order chi connectivity index (χ1) is 24.3. The summed E-state index contributed by atoms with van der Waals surface area (Å²) in [7, 11) is 0. The highest BCUT2D eigenvalue weighted by atomic mass is 15.0. The van der Waals surface area contributed by atoms with Crippen molar-refractivity contribution in [2.75, 3.05) is 0 Å². The van der Waals surface area contributed by atoms with Crippen LogP contribution in [-0.2, 0) is 0 Å². The molecule has 230 valence electrons. The highest BCUT2D eigenvalue weighted by Crippen LogP contribution is 2.36. The first-order valence-corrected chi connectivity index (χ1v) is 16.3. The number of benzene rings is 4. The number of hydrogen-bond donors (Lipinski definition) is 0. The van der Waals surface area contributed by atoms with Crippen LogP contribution in [0.5, 0.6) is 0 Å². The number of aromatic nitrogens is 5. The quantitative estimate of drug-likeness (QED) is 0.184. The predicted octanol–water partition coefficient (Wildman–Crippen LogP) is 10.7. The zero-order valence-corrected chi connectivity index (χ0v) is 26.5. The lowest BCUT2D eigenvalue weighted by molar-refractivity contribution is 1.17. The van der Waals surface area contributed by atoms with E-state index in [1.165, 1.54) is 5.39 Å². The second-order valence-corrected chi connectivity index (χ2v) is 12.0. The van der Waals surface area contributed by atoms with E-state index in [0.717, 1.165) is 78.3 Å². The van der Waals surface area contributed by atoms with Gasteiger partial charge >= 0.3 is 0 Å². The Morgan fingerprint density at radius 3 is 1.82 bits per heavy atom. The van der Waals surface area contributed by atoms with E-state index < -0.39 is 0 Å². The van der Waals surface area contributed by atoms with Crippen molar-refractivity contribution in [3.05, 3.63) is 176 Å². The summed E-state index contributed by atoms with van der Waals surface area (Å²) in [6.45, 7) is 0. The maximum atomic E-state index is 5.06. The van der Waals surface area contributed by atoms with Crippen LogP contribution in [0, 0.1) is 0 Å². The van der Waals surface area contributed by atoms with Gasteiger partial charge in [-0.1, -0.05) is 84.9 Å². The third-order valence-corrected chi connectivity index (χ3v) is 9.01. The second-order valence-electron chi connectivity index (χ2n) is 12.0. The molecule has 0 amide bonds. The molecule has 0 saturated carbocycles. The van der Waals surface area contributed by atoms with Crippen molar-refractivity contribution in [2.24, 2.45) is 0 Å². The van der Waals surface area contributed by atoms with E-state index in [0.29, 0.717) is 0 Å². The van der Waals surface area contributed by atoms with Crippen molar-refractivity contribution in [3.8, 4) is 61.8 Å². The van der Waals surface area contributed by atoms with E-state index in [-0.39, 0.29) is 0 Å². The van der Waals surface area contributed by atoms with Crippen molar-refractivity contribution < 1.29 is 0 Å². The summed E-state index contributed by atoms with van der Waals surface area (Å²) < 4.78 is 2.31. The summed E-state index contributed by atoms with van der Waals surface area (Å²) in [6.07, 6.45) is 7.50. The molecule has 0 atom stereocenters. The number of para-hydroxylation sites is 1. The normalized spacial score (nSPS) is 11.3. The molecule has 9 rings (SSSR count). The van der Waals surface area contributed by atoms with Gasteiger partial charge in [0.1, 0.15) is 0 Å². The Hall–Kier alpha value is -6.72. The maximum absolute atomic E-state index is 5.06. The van der Waals surface area contributed by atoms with Gasteiger partial charge in [-0.05, 0) is 89.0 Å². The standard InChI is InChI=1S/C44H29N5/c1-3-9-32(10-4-1)41-26-35(27-42(48-41)40-20-18-34(28-47-40)39-13-7-8-23-46-39)31-16-14-30(15-17-31)33-19-21-43-37(25-33)38-29-45-24-22-44(38)49(43)36-11-5-2-6-12-36/h1-29H. The van der Waals surface area contributed by atoms with Gasteiger partial charge in [-0.2, -0.15) is 0 Å². The molecule has 5 heteroatoms. The third kappa shape index (κ3) is 5.33. The molecule has 0 saturated heterocycles. The third-order valence-electron chi connectivity index (χ3n) is 9.01. The molecular weight excluding hydrogens is 599 g/mol. The first kappa shape index (κ1) is 28.5. The molecule has 0 N–H and O–H groups in total. The van der Waals surface area contributed by atoms with Gasteiger partial charge in [0.15, 0.2) is 0 Å². The minimum Gasteiger partial charge on any atom is -0.309 e. The molecule has 0 aliphatic heterocycles. The van der Waals surface area contributed by atoms with Gasteiger partial charge in [-0.15, -0.1) is 0 Å². The molecule has 0 fully saturated rings. The summed E-state index contributed by atoms with van der Waals surface area (Å²) in [5, 5.41) is 2.32. The predicted molar refractivity (Wildman–Crippen MR) is 199 cm³/mol.